The molecule has 1 fully saturated rings. The van der Waals surface area contributed by atoms with E-state index in [1.54, 1.807) is 6.07 Å². The predicted octanol–water partition coefficient (Wildman–Crippen LogP) is 2.09. The fraction of sp³-hybridized carbons (Fsp3) is 0.500. The molecule has 1 atom stereocenters. The molecule has 1 aromatic carbocycles. The van der Waals surface area contributed by atoms with E-state index in [1.165, 1.54) is 0 Å². The molecule has 1 saturated heterocycles. The Kier molecular flexibility index (Phi) is 3.41. The molecule has 2 aliphatic rings. The first-order chi connectivity index (χ1) is 8.75. The van der Waals surface area contributed by atoms with E-state index in [1.807, 2.05) is 6.07 Å². The smallest absolute Gasteiger partial charge is 0.184 e. The summed E-state index contributed by atoms with van der Waals surface area (Å²) in [5, 5.41) is 3.89. The van der Waals surface area contributed by atoms with Gasteiger partial charge < -0.3 is 19.7 Å². The van der Waals surface area contributed by atoms with Crippen LogP contribution in [0.2, 0.25) is 5.02 Å². The van der Waals surface area contributed by atoms with E-state index >= 15 is 0 Å². The molecule has 18 heavy (non-hydrogen) atoms. The van der Waals surface area contributed by atoms with Crippen molar-refractivity contribution in [2.75, 3.05) is 37.7 Å². The Morgan fingerprint density at radius 1 is 1.28 bits per heavy atom. The summed E-state index contributed by atoms with van der Waals surface area (Å²) in [6.07, 6.45) is 0. The molecule has 0 amide bonds. The summed E-state index contributed by atoms with van der Waals surface area (Å²) in [6.45, 7) is 3.57. The molecule has 6 heteroatoms. The van der Waals surface area contributed by atoms with Gasteiger partial charge in [-0.1, -0.05) is 23.2 Å². The van der Waals surface area contributed by atoms with Crippen LogP contribution >= 0.6 is 23.2 Å². The number of nitrogens with one attached hydrogen (secondary N) is 1. The average Bonchev–Trinajstić information content (AvgIpc) is 2.38. The van der Waals surface area contributed by atoms with Gasteiger partial charge in [-0.15, -0.1) is 0 Å². The number of piperazine rings is 1. The molecule has 4 nitrogen and oxygen atoms in total. The number of anilines is 1. The molecule has 0 saturated carbocycles. The third kappa shape index (κ3) is 2.20. The predicted molar refractivity (Wildman–Crippen MR) is 72.3 cm³/mol. The van der Waals surface area contributed by atoms with Crippen molar-refractivity contribution < 1.29 is 9.47 Å². The Hall–Kier alpha value is -0.840. The number of rotatable bonds is 1. The topological polar surface area (TPSA) is 33.7 Å². The van der Waals surface area contributed by atoms with Crippen molar-refractivity contribution in [2.45, 2.75) is 5.50 Å². The van der Waals surface area contributed by atoms with Crippen molar-refractivity contribution in [2.24, 2.45) is 0 Å². The lowest BCUT2D eigenvalue weighted by molar-refractivity contribution is 0.172. The summed E-state index contributed by atoms with van der Waals surface area (Å²) >= 11 is 12.5. The third-order valence-electron chi connectivity index (χ3n) is 3.08. The van der Waals surface area contributed by atoms with Crippen LogP contribution in [0.3, 0.4) is 0 Å². The Bertz CT molecular complexity index is 456. The van der Waals surface area contributed by atoms with Crippen molar-refractivity contribution >= 4 is 28.9 Å². The SMILES string of the molecule is Clc1cc2c(c(N3CCNCC3Cl)c1)OCCO2. The molecule has 0 spiro atoms. The molecular weight excluding hydrogens is 275 g/mol. The van der Waals surface area contributed by atoms with E-state index in [9.17, 15) is 0 Å². The van der Waals surface area contributed by atoms with Crippen molar-refractivity contribution in [3.63, 3.8) is 0 Å². The molecular formula is C12H14Cl2N2O2. The number of halogens is 2. The van der Waals surface area contributed by atoms with E-state index in [4.69, 9.17) is 32.7 Å². The first kappa shape index (κ1) is 12.2. The summed E-state index contributed by atoms with van der Waals surface area (Å²) in [7, 11) is 0. The van der Waals surface area contributed by atoms with Crippen molar-refractivity contribution in [3.05, 3.63) is 17.2 Å². The van der Waals surface area contributed by atoms with Gasteiger partial charge in [-0.05, 0) is 6.07 Å². The van der Waals surface area contributed by atoms with Crippen molar-refractivity contribution in [1.29, 1.82) is 0 Å². The maximum Gasteiger partial charge on any atom is 0.184 e. The second-order valence-corrected chi connectivity index (χ2v) is 5.22. The van der Waals surface area contributed by atoms with Crippen LogP contribution in [-0.2, 0) is 0 Å². The van der Waals surface area contributed by atoms with E-state index in [0.717, 1.165) is 31.1 Å². The molecule has 2 aliphatic heterocycles. The molecule has 1 aromatic rings. The number of alkyl halides is 1. The standard InChI is InChI=1S/C12H14Cl2N2O2/c13-8-5-9(16-2-1-15-7-11(16)14)12-10(6-8)17-3-4-18-12/h5-6,11,15H,1-4,7H2. The number of hydrogen-bond donors (Lipinski definition) is 1. The van der Waals surface area contributed by atoms with Gasteiger partial charge >= 0.3 is 0 Å². The summed E-state index contributed by atoms with van der Waals surface area (Å²) in [5.74, 6) is 1.45. The quantitative estimate of drug-likeness (QED) is 0.634. The lowest BCUT2D eigenvalue weighted by Crippen LogP contribution is -2.48. The van der Waals surface area contributed by atoms with Crippen LogP contribution in [0, 0.1) is 0 Å². The van der Waals surface area contributed by atoms with Crippen LogP contribution < -0.4 is 19.7 Å². The molecule has 98 valence electrons. The maximum absolute atomic E-state index is 6.34. The van der Waals surface area contributed by atoms with Gasteiger partial charge in [0.05, 0.1) is 5.69 Å². The molecule has 0 aliphatic carbocycles. The third-order valence-corrected chi connectivity index (χ3v) is 3.69. The number of hydrogen-bond acceptors (Lipinski definition) is 4. The highest BCUT2D eigenvalue weighted by atomic mass is 35.5. The van der Waals surface area contributed by atoms with Crippen LogP contribution in [-0.4, -0.2) is 38.3 Å². The first-order valence-corrected chi connectivity index (χ1v) is 6.78. The fourth-order valence-electron chi connectivity index (χ4n) is 2.26. The number of nitrogens with zero attached hydrogens (tertiary/aromatic N) is 1. The van der Waals surface area contributed by atoms with E-state index in [0.29, 0.717) is 24.0 Å². The van der Waals surface area contributed by atoms with Gasteiger partial charge in [-0.2, -0.15) is 0 Å². The monoisotopic (exact) mass is 288 g/mol. The van der Waals surface area contributed by atoms with E-state index in [2.05, 4.69) is 10.2 Å². The number of ether oxygens (including phenoxy) is 2. The van der Waals surface area contributed by atoms with Crippen molar-refractivity contribution in [1.82, 2.24) is 5.32 Å². The van der Waals surface area contributed by atoms with Gasteiger partial charge in [0.25, 0.3) is 0 Å². The van der Waals surface area contributed by atoms with Gasteiger partial charge in [0.1, 0.15) is 18.7 Å². The van der Waals surface area contributed by atoms with Crippen LogP contribution in [0.4, 0.5) is 5.69 Å². The molecule has 0 aromatic heterocycles. The van der Waals surface area contributed by atoms with Crippen LogP contribution in [0.25, 0.3) is 0 Å². The van der Waals surface area contributed by atoms with Crippen LogP contribution in [0.1, 0.15) is 0 Å². The zero-order valence-electron chi connectivity index (χ0n) is 9.79. The minimum absolute atomic E-state index is 0.105. The molecule has 3 rings (SSSR count). The summed E-state index contributed by atoms with van der Waals surface area (Å²) in [4.78, 5) is 2.09. The fourth-order valence-corrected chi connectivity index (χ4v) is 2.77. The molecule has 2 heterocycles. The van der Waals surface area contributed by atoms with Gasteiger partial charge in [0.2, 0.25) is 0 Å². The second kappa shape index (κ2) is 5.03. The molecule has 1 unspecified atom stereocenters. The Morgan fingerprint density at radius 2 is 2.11 bits per heavy atom. The highest BCUT2D eigenvalue weighted by Gasteiger charge is 2.27. The normalized spacial score (nSPS) is 23.0. The van der Waals surface area contributed by atoms with Crippen LogP contribution in [0.15, 0.2) is 12.1 Å². The average molecular weight is 289 g/mol. The zero-order chi connectivity index (χ0) is 12.5. The lowest BCUT2D eigenvalue weighted by atomic mass is 10.2. The van der Waals surface area contributed by atoms with Gasteiger partial charge in [0, 0.05) is 30.7 Å². The number of benzene rings is 1. The highest BCUT2D eigenvalue weighted by Crippen LogP contribution is 2.43. The maximum atomic E-state index is 6.34. The second-order valence-electron chi connectivity index (χ2n) is 4.28. The van der Waals surface area contributed by atoms with Gasteiger partial charge in [-0.3, -0.25) is 0 Å². The molecule has 0 bridgehead atoms. The highest BCUT2D eigenvalue weighted by molar-refractivity contribution is 6.31. The Balaban J connectivity index is 2.01. The number of fused-ring (bicyclic) bond motifs is 1. The van der Waals surface area contributed by atoms with Crippen LogP contribution in [0.5, 0.6) is 11.5 Å². The summed E-state index contributed by atoms with van der Waals surface area (Å²) in [6, 6.07) is 3.67. The van der Waals surface area contributed by atoms with Crippen molar-refractivity contribution in [3.8, 4) is 11.5 Å². The molecule has 0 radical (unpaired) electrons. The largest absolute Gasteiger partial charge is 0.486 e. The summed E-state index contributed by atoms with van der Waals surface area (Å²) < 4.78 is 11.3. The zero-order valence-corrected chi connectivity index (χ0v) is 11.3. The van der Waals surface area contributed by atoms with E-state index < -0.39 is 0 Å². The first-order valence-electron chi connectivity index (χ1n) is 5.96. The van der Waals surface area contributed by atoms with Gasteiger partial charge in [-0.25, -0.2) is 0 Å². The van der Waals surface area contributed by atoms with Gasteiger partial charge in [0.15, 0.2) is 11.5 Å². The minimum Gasteiger partial charge on any atom is -0.486 e. The Morgan fingerprint density at radius 3 is 2.94 bits per heavy atom. The van der Waals surface area contributed by atoms with E-state index in [-0.39, 0.29) is 5.50 Å². The lowest BCUT2D eigenvalue weighted by Gasteiger charge is -2.36. The summed E-state index contributed by atoms with van der Waals surface area (Å²) in [5.41, 5.74) is 0.811. The Labute approximate surface area is 116 Å². The minimum atomic E-state index is -0.105. The molecule has 1 N–H and O–H groups in total.